The molecular formula is C17H17NO2. The first-order valence-corrected chi connectivity index (χ1v) is 6.53. The molecule has 2 rings (SSSR count). The third-order valence-corrected chi connectivity index (χ3v) is 3.06. The molecule has 0 bridgehead atoms. The van der Waals surface area contributed by atoms with Crippen molar-refractivity contribution >= 4 is 17.9 Å². The molecule has 0 fully saturated rings. The van der Waals surface area contributed by atoms with Crippen molar-refractivity contribution in [3.05, 3.63) is 65.2 Å². The number of benzene rings is 2. The minimum atomic E-state index is -0.941. The van der Waals surface area contributed by atoms with Gasteiger partial charge in [0.05, 0.1) is 11.3 Å². The maximum absolute atomic E-state index is 10.9. The molecule has 0 saturated carbocycles. The molecule has 1 N–H and O–H groups in total. The van der Waals surface area contributed by atoms with Crippen molar-refractivity contribution in [1.29, 1.82) is 0 Å². The van der Waals surface area contributed by atoms with Crippen molar-refractivity contribution in [2.45, 2.75) is 19.8 Å². The molecule has 3 nitrogen and oxygen atoms in total. The Kier molecular flexibility index (Phi) is 4.31. The van der Waals surface area contributed by atoms with Crippen LogP contribution in [-0.4, -0.2) is 17.3 Å². The van der Waals surface area contributed by atoms with Crippen molar-refractivity contribution in [2.75, 3.05) is 0 Å². The number of rotatable bonds is 4. The van der Waals surface area contributed by atoms with Crippen LogP contribution in [0.1, 0.15) is 41.3 Å². The summed E-state index contributed by atoms with van der Waals surface area (Å²) in [6, 6.07) is 14.8. The Morgan fingerprint density at radius 3 is 2.45 bits per heavy atom. The molecule has 2 aromatic rings. The second kappa shape index (κ2) is 6.15. The number of carboxylic acid groups (broad SMARTS) is 1. The van der Waals surface area contributed by atoms with Crippen LogP contribution in [-0.2, 0) is 0 Å². The van der Waals surface area contributed by atoms with Gasteiger partial charge < -0.3 is 5.11 Å². The van der Waals surface area contributed by atoms with Crippen LogP contribution in [0.5, 0.6) is 0 Å². The van der Waals surface area contributed by atoms with Gasteiger partial charge in [0.25, 0.3) is 0 Å². The predicted molar refractivity (Wildman–Crippen MR) is 81.2 cm³/mol. The summed E-state index contributed by atoms with van der Waals surface area (Å²) >= 11 is 0. The van der Waals surface area contributed by atoms with Crippen LogP contribution in [0.4, 0.5) is 5.69 Å². The number of aliphatic imine (C=N–C) groups is 1. The van der Waals surface area contributed by atoms with Gasteiger partial charge in [0.2, 0.25) is 0 Å². The molecule has 0 amide bonds. The lowest BCUT2D eigenvalue weighted by molar-refractivity contribution is 0.0697. The van der Waals surface area contributed by atoms with Crippen molar-refractivity contribution in [3.8, 4) is 0 Å². The van der Waals surface area contributed by atoms with E-state index >= 15 is 0 Å². The SMILES string of the molecule is CC(C)c1ccc(C=Nc2cccc(C(=O)O)c2)cc1. The maximum atomic E-state index is 10.9. The summed E-state index contributed by atoms with van der Waals surface area (Å²) in [7, 11) is 0. The third-order valence-electron chi connectivity index (χ3n) is 3.06. The Morgan fingerprint density at radius 1 is 1.15 bits per heavy atom. The number of hydrogen-bond acceptors (Lipinski definition) is 2. The number of carbonyl (C=O) groups is 1. The fourth-order valence-electron chi connectivity index (χ4n) is 1.84. The normalized spacial score (nSPS) is 11.2. The fourth-order valence-corrected chi connectivity index (χ4v) is 1.84. The molecule has 0 aliphatic carbocycles. The van der Waals surface area contributed by atoms with E-state index in [2.05, 4.69) is 31.0 Å². The summed E-state index contributed by atoms with van der Waals surface area (Å²) in [5.74, 6) is -0.434. The highest BCUT2D eigenvalue weighted by Crippen LogP contribution is 2.16. The highest BCUT2D eigenvalue weighted by atomic mass is 16.4. The molecule has 3 heteroatoms. The smallest absolute Gasteiger partial charge is 0.335 e. The molecular weight excluding hydrogens is 250 g/mol. The van der Waals surface area contributed by atoms with Crippen LogP contribution < -0.4 is 0 Å². The Morgan fingerprint density at radius 2 is 1.85 bits per heavy atom. The zero-order chi connectivity index (χ0) is 14.5. The van der Waals surface area contributed by atoms with Gasteiger partial charge in [-0.05, 0) is 35.2 Å². The molecule has 102 valence electrons. The topological polar surface area (TPSA) is 49.7 Å². The fraction of sp³-hybridized carbons (Fsp3) is 0.176. The van der Waals surface area contributed by atoms with E-state index in [4.69, 9.17) is 5.11 Å². The molecule has 0 saturated heterocycles. The lowest BCUT2D eigenvalue weighted by Gasteiger charge is -2.04. The van der Waals surface area contributed by atoms with Crippen LogP contribution in [0.15, 0.2) is 53.5 Å². The van der Waals surface area contributed by atoms with E-state index in [9.17, 15) is 4.79 Å². The molecule has 0 aliphatic heterocycles. The van der Waals surface area contributed by atoms with Crippen LogP contribution in [0.25, 0.3) is 0 Å². The van der Waals surface area contributed by atoms with E-state index in [0.717, 1.165) is 5.56 Å². The van der Waals surface area contributed by atoms with E-state index in [-0.39, 0.29) is 5.56 Å². The van der Waals surface area contributed by atoms with Gasteiger partial charge in [0.15, 0.2) is 0 Å². The lowest BCUT2D eigenvalue weighted by atomic mass is 10.0. The molecule has 0 unspecified atom stereocenters. The monoisotopic (exact) mass is 267 g/mol. The summed E-state index contributed by atoms with van der Waals surface area (Å²) < 4.78 is 0. The first-order chi connectivity index (χ1) is 9.56. The molecule has 0 spiro atoms. The third kappa shape index (κ3) is 3.54. The number of hydrogen-bond donors (Lipinski definition) is 1. The Labute approximate surface area is 118 Å². The van der Waals surface area contributed by atoms with Crippen molar-refractivity contribution in [2.24, 2.45) is 4.99 Å². The van der Waals surface area contributed by atoms with E-state index in [0.29, 0.717) is 11.6 Å². The summed E-state index contributed by atoms with van der Waals surface area (Å²) in [6.45, 7) is 4.31. The van der Waals surface area contributed by atoms with Crippen LogP contribution >= 0.6 is 0 Å². The second-order valence-electron chi connectivity index (χ2n) is 4.94. The van der Waals surface area contributed by atoms with Gasteiger partial charge in [0, 0.05) is 6.21 Å². The lowest BCUT2D eigenvalue weighted by Crippen LogP contribution is -1.94. The summed E-state index contributed by atoms with van der Waals surface area (Å²) in [5.41, 5.74) is 3.16. The molecule has 0 aliphatic rings. The molecule has 20 heavy (non-hydrogen) atoms. The number of carboxylic acids is 1. The Hall–Kier alpha value is -2.42. The van der Waals surface area contributed by atoms with Crippen molar-refractivity contribution in [1.82, 2.24) is 0 Å². The maximum Gasteiger partial charge on any atom is 0.335 e. The second-order valence-corrected chi connectivity index (χ2v) is 4.94. The average Bonchev–Trinajstić information content (AvgIpc) is 2.46. The van der Waals surface area contributed by atoms with E-state index < -0.39 is 5.97 Å². The predicted octanol–water partition coefficient (Wildman–Crippen LogP) is 4.26. The van der Waals surface area contributed by atoms with E-state index in [1.165, 1.54) is 5.56 Å². The summed E-state index contributed by atoms with van der Waals surface area (Å²) in [6.07, 6.45) is 1.74. The van der Waals surface area contributed by atoms with Gasteiger partial charge in [-0.25, -0.2) is 4.79 Å². The molecule has 0 aromatic heterocycles. The molecule has 2 aromatic carbocycles. The van der Waals surface area contributed by atoms with E-state index in [1.54, 1.807) is 30.5 Å². The molecule has 0 heterocycles. The van der Waals surface area contributed by atoms with E-state index in [1.807, 2.05) is 12.1 Å². The Bertz CT molecular complexity index is 628. The highest BCUT2D eigenvalue weighted by molar-refractivity contribution is 5.89. The first-order valence-electron chi connectivity index (χ1n) is 6.53. The highest BCUT2D eigenvalue weighted by Gasteiger charge is 2.02. The number of aromatic carboxylic acids is 1. The number of nitrogens with zero attached hydrogens (tertiary/aromatic N) is 1. The largest absolute Gasteiger partial charge is 0.478 e. The van der Waals surface area contributed by atoms with Gasteiger partial charge in [-0.15, -0.1) is 0 Å². The van der Waals surface area contributed by atoms with Crippen molar-refractivity contribution < 1.29 is 9.90 Å². The minimum Gasteiger partial charge on any atom is -0.478 e. The van der Waals surface area contributed by atoms with Gasteiger partial charge in [0.1, 0.15) is 0 Å². The van der Waals surface area contributed by atoms with Crippen LogP contribution in [0.3, 0.4) is 0 Å². The standard InChI is InChI=1S/C17H17NO2/c1-12(2)14-8-6-13(7-9-14)11-18-16-5-3-4-15(10-16)17(19)20/h3-12H,1-2H3,(H,19,20). The first kappa shape index (κ1) is 14.0. The zero-order valence-corrected chi connectivity index (χ0v) is 11.6. The molecule has 0 radical (unpaired) electrons. The summed E-state index contributed by atoms with van der Waals surface area (Å²) in [4.78, 5) is 15.2. The van der Waals surface area contributed by atoms with Gasteiger partial charge in [-0.3, -0.25) is 4.99 Å². The van der Waals surface area contributed by atoms with Gasteiger partial charge >= 0.3 is 5.97 Å². The van der Waals surface area contributed by atoms with Crippen LogP contribution in [0, 0.1) is 0 Å². The minimum absolute atomic E-state index is 0.245. The zero-order valence-electron chi connectivity index (χ0n) is 11.6. The quantitative estimate of drug-likeness (QED) is 0.841. The Balaban J connectivity index is 2.16. The van der Waals surface area contributed by atoms with Gasteiger partial charge in [-0.1, -0.05) is 44.2 Å². The van der Waals surface area contributed by atoms with Crippen molar-refractivity contribution in [3.63, 3.8) is 0 Å². The summed E-state index contributed by atoms with van der Waals surface area (Å²) in [5, 5.41) is 8.93. The molecule has 0 atom stereocenters. The average molecular weight is 267 g/mol. The van der Waals surface area contributed by atoms with Crippen LogP contribution in [0.2, 0.25) is 0 Å². The van der Waals surface area contributed by atoms with Gasteiger partial charge in [-0.2, -0.15) is 0 Å².